The van der Waals surface area contributed by atoms with Crippen molar-refractivity contribution in [3.05, 3.63) is 0 Å². The topological polar surface area (TPSA) is 63.3 Å². The maximum Gasteiger partial charge on any atom is 0.329 e. The Bertz CT molecular complexity index is 168. The molecule has 3 N–H and O–H groups in total. The van der Waals surface area contributed by atoms with Gasteiger partial charge >= 0.3 is 5.97 Å². The molecule has 3 nitrogen and oxygen atoms in total. The average molecular weight is 199 g/mol. The van der Waals surface area contributed by atoms with Crippen molar-refractivity contribution >= 4 is 17.7 Å². The Morgan fingerprint density at radius 3 is 2.50 bits per heavy atom. The van der Waals surface area contributed by atoms with Crippen LogP contribution >= 0.6 is 11.8 Å². The minimum atomic E-state index is -3.03. The molecule has 0 rings (SSSR count). The molecule has 0 aliphatic carbocycles. The van der Waals surface area contributed by atoms with Crippen LogP contribution in [0.5, 0.6) is 0 Å². The number of carbonyl (C=O) groups is 1. The number of nitrogens with two attached hydrogens (primary N) is 1. The third kappa shape index (κ3) is 2.60. The molecule has 0 unspecified atom stereocenters. The number of hydrogen-bond donors (Lipinski definition) is 2. The van der Waals surface area contributed by atoms with Gasteiger partial charge in [-0.15, -0.1) is 0 Å². The summed E-state index contributed by atoms with van der Waals surface area (Å²) in [6, 6.07) is 0. The number of alkyl halides is 2. The second kappa shape index (κ2) is 4.61. The van der Waals surface area contributed by atoms with E-state index in [1.807, 2.05) is 0 Å². The Hall–Kier alpha value is -0.360. The van der Waals surface area contributed by atoms with E-state index in [-0.39, 0.29) is 6.42 Å². The number of carboxylic acid groups (broad SMARTS) is 1. The highest BCUT2D eigenvalue weighted by Gasteiger charge is 2.43. The van der Waals surface area contributed by atoms with Gasteiger partial charge in [-0.25, -0.2) is 13.6 Å². The zero-order valence-corrected chi connectivity index (χ0v) is 7.41. The molecule has 12 heavy (non-hydrogen) atoms. The zero-order valence-electron chi connectivity index (χ0n) is 6.59. The predicted molar refractivity (Wildman–Crippen MR) is 43.6 cm³/mol. The van der Waals surface area contributed by atoms with E-state index in [2.05, 4.69) is 0 Å². The maximum absolute atomic E-state index is 12.1. The van der Waals surface area contributed by atoms with Crippen LogP contribution < -0.4 is 5.73 Å². The van der Waals surface area contributed by atoms with Crippen LogP contribution in [-0.2, 0) is 4.79 Å². The summed E-state index contributed by atoms with van der Waals surface area (Å²) in [7, 11) is 0. The highest BCUT2D eigenvalue weighted by Crippen LogP contribution is 2.19. The summed E-state index contributed by atoms with van der Waals surface area (Å²) in [6.07, 6.45) is -1.54. The van der Waals surface area contributed by atoms with Crippen molar-refractivity contribution in [3.63, 3.8) is 0 Å². The summed E-state index contributed by atoms with van der Waals surface area (Å²) in [5, 5.41) is 8.42. The molecule has 72 valence electrons. The van der Waals surface area contributed by atoms with Gasteiger partial charge in [0.25, 0.3) is 6.43 Å². The highest BCUT2D eigenvalue weighted by atomic mass is 32.2. The first-order valence-electron chi connectivity index (χ1n) is 3.24. The molecule has 0 radical (unpaired) electrons. The lowest BCUT2D eigenvalue weighted by Gasteiger charge is -2.22. The predicted octanol–water partition coefficient (Wildman–Crippen LogP) is 0.787. The van der Waals surface area contributed by atoms with E-state index in [9.17, 15) is 13.6 Å². The van der Waals surface area contributed by atoms with Gasteiger partial charge in [-0.3, -0.25) is 0 Å². The smallest absolute Gasteiger partial charge is 0.329 e. The summed E-state index contributed by atoms with van der Waals surface area (Å²) in [5.41, 5.74) is 2.62. The van der Waals surface area contributed by atoms with Crippen molar-refractivity contribution in [2.24, 2.45) is 5.73 Å². The molecule has 6 heteroatoms. The SMILES string of the molecule is CSCC[C@](N)(C(=O)O)C(F)F. The van der Waals surface area contributed by atoms with E-state index >= 15 is 0 Å². The first kappa shape index (κ1) is 11.6. The van der Waals surface area contributed by atoms with Gasteiger partial charge in [-0.2, -0.15) is 11.8 Å². The Balaban J connectivity index is 4.29. The lowest BCUT2D eigenvalue weighted by Crippen LogP contribution is -2.54. The van der Waals surface area contributed by atoms with Crippen molar-refractivity contribution in [1.29, 1.82) is 0 Å². The Morgan fingerprint density at radius 1 is 1.75 bits per heavy atom. The molecule has 0 aromatic heterocycles. The van der Waals surface area contributed by atoms with E-state index in [1.165, 1.54) is 11.8 Å². The van der Waals surface area contributed by atoms with Gasteiger partial charge in [0.15, 0.2) is 5.54 Å². The van der Waals surface area contributed by atoms with E-state index in [1.54, 1.807) is 6.26 Å². The molecule has 0 aliphatic rings. The first-order valence-corrected chi connectivity index (χ1v) is 4.64. The zero-order chi connectivity index (χ0) is 9.78. The summed E-state index contributed by atoms with van der Waals surface area (Å²) < 4.78 is 24.3. The Kier molecular flexibility index (Phi) is 4.47. The van der Waals surface area contributed by atoms with Crippen molar-refractivity contribution < 1.29 is 18.7 Å². The minimum Gasteiger partial charge on any atom is -0.480 e. The molecule has 0 aliphatic heterocycles. The molecule has 1 atom stereocenters. The van der Waals surface area contributed by atoms with Crippen LogP contribution in [0.4, 0.5) is 8.78 Å². The summed E-state index contributed by atoms with van der Waals surface area (Å²) >= 11 is 1.29. The number of aliphatic carboxylic acids is 1. The van der Waals surface area contributed by atoms with Gasteiger partial charge in [0, 0.05) is 0 Å². The van der Waals surface area contributed by atoms with Crippen LogP contribution in [0.25, 0.3) is 0 Å². The van der Waals surface area contributed by atoms with E-state index in [0.717, 1.165) is 0 Å². The monoisotopic (exact) mass is 199 g/mol. The molecule has 0 saturated heterocycles. The summed E-state index contributed by atoms with van der Waals surface area (Å²) in [6.45, 7) is 0. The van der Waals surface area contributed by atoms with E-state index < -0.39 is 17.9 Å². The first-order chi connectivity index (χ1) is 5.45. The molecular weight excluding hydrogens is 188 g/mol. The lowest BCUT2D eigenvalue weighted by molar-refractivity contribution is -0.149. The Labute approximate surface area is 73.3 Å². The molecule has 0 bridgehead atoms. The van der Waals surface area contributed by atoms with Crippen molar-refractivity contribution in [2.45, 2.75) is 18.4 Å². The number of carboxylic acids is 1. The van der Waals surface area contributed by atoms with Gasteiger partial charge in [0.05, 0.1) is 0 Å². The highest BCUT2D eigenvalue weighted by molar-refractivity contribution is 7.98. The van der Waals surface area contributed by atoms with Gasteiger partial charge in [0.2, 0.25) is 0 Å². The van der Waals surface area contributed by atoms with Crippen LogP contribution in [0.2, 0.25) is 0 Å². The fraction of sp³-hybridized carbons (Fsp3) is 0.833. The Morgan fingerprint density at radius 2 is 2.25 bits per heavy atom. The maximum atomic E-state index is 12.1. The number of halogens is 2. The van der Waals surface area contributed by atoms with Crippen LogP contribution in [0.3, 0.4) is 0 Å². The molecule has 0 aromatic carbocycles. The molecule has 0 amide bonds. The molecule has 0 spiro atoms. The summed E-state index contributed by atoms with van der Waals surface area (Å²) in [4.78, 5) is 10.4. The normalized spacial score (nSPS) is 16.1. The van der Waals surface area contributed by atoms with Crippen molar-refractivity contribution in [1.82, 2.24) is 0 Å². The third-order valence-corrected chi connectivity index (χ3v) is 2.12. The molecule has 0 saturated carbocycles. The second-order valence-electron chi connectivity index (χ2n) is 2.39. The van der Waals surface area contributed by atoms with Crippen LogP contribution in [-0.4, -0.2) is 35.0 Å². The fourth-order valence-corrected chi connectivity index (χ4v) is 1.12. The molecule has 0 heterocycles. The van der Waals surface area contributed by atoms with Crippen LogP contribution in [0, 0.1) is 0 Å². The standard InChI is InChI=1S/C6H11F2NO2S/c1-12-3-2-6(9,4(7)8)5(10)11/h4H,2-3,9H2,1H3,(H,10,11)/t6-/m1/s1. The lowest BCUT2D eigenvalue weighted by atomic mass is 9.99. The van der Waals surface area contributed by atoms with Gasteiger partial charge in [-0.05, 0) is 18.4 Å². The van der Waals surface area contributed by atoms with Gasteiger partial charge < -0.3 is 10.8 Å². The number of rotatable bonds is 5. The van der Waals surface area contributed by atoms with Crippen LogP contribution in [0.1, 0.15) is 6.42 Å². The quantitative estimate of drug-likeness (QED) is 0.687. The van der Waals surface area contributed by atoms with Crippen LogP contribution in [0.15, 0.2) is 0 Å². The van der Waals surface area contributed by atoms with Gasteiger partial charge in [0.1, 0.15) is 0 Å². The third-order valence-electron chi connectivity index (χ3n) is 1.51. The van der Waals surface area contributed by atoms with Gasteiger partial charge in [-0.1, -0.05) is 0 Å². The average Bonchev–Trinajstić information content (AvgIpc) is 1.99. The van der Waals surface area contributed by atoms with Crippen molar-refractivity contribution in [3.8, 4) is 0 Å². The fourth-order valence-electron chi connectivity index (χ4n) is 0.580. The number of thioether (sulfide) groups is 1. The summed E-state index contributed by atoms with van der Waals surface area (Å²) in [5.74, 6) is -1.33. The minimum absolute atomic E-state index is 0.221. The van der Waals surface area contributed by atoms with E-state index in [0.29, 0.717) is 5.75 Å². The van der Waals surface area contributed by atoms with Crippen molar-refractivity contribution in [2.75, 3.05) is 12.0 Å². The molecular formula is C6H11F2NO2S. The largest absolute Gasteiger partial charge is 0.480 e. The number of hydrogen-bond acceptors (Lipinski definition) is 3. The molecule has 0 fully saturated rings. The second-order valence-corrected chi connectivity index (χ2v) is 3.37. The molecule has 0 aromatic rings. The van der Waals surface area contributed by atoms with E-state index in [4.69, 9.17) is 10.8 Å².